The molecule has 0 aliphatic rings. The number of sulfonamides is 1. The summed E-state index contributed by atoms with van der Waals surface area (Å²) in [5.41, 5.74) is 1.51. The first-order chi connectivity index (χ1) is 8.98. The lowest BCUT2D eigenvalue weighted by atomic mass is 10.3. The Hall–Kier alpha value is -0.920. The molecule has 7 heteroatoms. The minimum absolute atomic E-state index is 0.150. The smallest absolute Gasteiger partial charge is 0.262 e. The van der Waals surface area contributed by atoms with Crippen molar-refractivity contribution in [3.05, 3.63) is 11.3 Å². The highest BCUT2D eigenvalue weighted by molar-refractivity contribution is 7.89. The van der Waals surface area contributed by atoms with E-state index in [1.807, 2.05) is 20.8 Å². The molecule has 0 fully saturated rings. The van der Waals surface area contributed by atoms with Gasteiger partial charge >= 0.3 is 0 Å². The molecule has 0 atom stereocenters. The van der Waals surface area contributed by atoms with Crippen LogP contribution in [-0.2, 0) is 16.6 Å². The molecule has 0 unspecified atom stereocenters. The number of aryl methyl sites for hydroxylation is 1. The van der Waals surface area contributed by atoms with Crippen molar-refractivity contribution in [1.82, 2.24) is 19.8 Å². The number of rotatable bonds is 8. The summed E-state index contributed by atoms with van der Waals surface area (Å²) in [6.45, 7) is 7.23. The zero-order valence-electron chi connectivity index (χ0n) is 12.2. The van der Waals surface area contributed by atoms with Crippen LogP contribution in [0, 0.1) is 6.92 Å². The molecule has 0 saturated heterocycles. The number of aromatic nitrogens is 2. The maximum atomic E-state index is 12.6. The lowest BCUT2D eigenvalue weighted by Crippen LogP contribution is -2.33. The molecule has 0 spiro atoms. The predicted molar refractivity (Wildman–Crippen MR) is 75.4 cm³/mol. The largest absolute Gasteiger partial charge is 0.316 e. The van der Waals surface area contributed by atoms with Crippen molar-refractivity contribution in [2.75, 3.05) is 20.1 Å². The number of hydrogen-bond donors (Lipinski definition) is 2. The molecular weight excluding hydrogens is 264 g/mol. The zero-order chi connectivity index (χ0) is 14.5. The fourth-order valence-electron chi connectivity index (χ4n) is 1.93. The van der Waals surface area contributed by atoms with E-state index in [-0.39, 0.29) is 5.03 Å². The van der Waals surface area contributed by atoms with Gasteiger partial charge in [0.05, 0.1) is 0 Å². The molecule has 0 aromatic carbocycles. The molecule has 1 heterocycles. The summed E-state index contributed by atoms with van der Waals surface area (Å²) >= 11 is 0. The van der Waals surface area contributed by atoms with Crippen LogP contribution in [0.4, 0.5) is 0 Å². The topological polar surface area (TPSA) is 78.1 Å². The molecule has 2 N–H and O–H groups in total. The molecule has 0 radical (unpaired) electrons. The second-order valence-electron chi connectivity index (χ2n) is 4.51. The molecule has 0 saturated carbocycles. The molecule has 19 heavy (non-hydrogen) atoms. The van der Waals surface area contributed by atoms with Crippen LogP contribution in [0.5, 0.6) is 0 Å². The summed E-state index contributed by atoms with van der Waals surface area (Å²) in [6.07, 6.45) is 1.83. The Morgan fingerprint density at radius 3 is 2.58 bits per heavy atom. The number of H-pyrrole nitrogens is 1. The number of nitrogens with one attached hydrogen (secondary N) is 2. The van der Waals surface area contributed by atoms with Gasteiger partial charge in [-0.1, -0.05) is 20.3 Å². The fourth-order valence-corrected chi connectivity index (χ4v) is 3.58. The first kappa shape index (κ1) is 16.1. The van der Waals surface area contributed by atoms with E-state index < -0.39 is 10.0 Å². The van der Waals surface area contributed by atoms with Gasteiger partial charge in [0, 0.05) is 30.9 Å². The highest BCUT2D eigenvalue weighted by Crippen LogP contribution is 2.20. The predicted octanol–water partition coefficient (Wildman–Crippen LogP) is 1.25. The maximum absolute atomic E-state index is 12.6. The van der Waals surface area contributed by atoms with Crippen LogP contribution in [0.15, 0.2) is 5.03 Å². The summed E-state index contributed by atoms with van der Waals surface area (Å²) in [6, 6.07) is 0. The van der Waals surface area contributed by atoms with Gasteiger partial charge in [-0.2, -0.15) is 9.40 Å². The summed E-state index contributed by atoms with van der Waals surface area (Å²) < 4.78 is 26.7. The van der Waals surface area contributed by atoms with Crippen molar-refractivity contribution in [2.45, 2.75) is 45.2 Å². The third-order valence-corrected chi connectivity index (χ3v) is 5.03. The first-order valence-corrected chi connectivity index (χ1v) is 8.11. The quantitative estimate of drug-likeness (QED) is 0.754. The second-order valence-corrected chi connectivity index (χ2v) is 6.37. The minimum atomic E-state index is -3.50. The van der Waals surface area contributed by atoms with Crippen LogP contribution in [-0.4, -0.2) is 43.1 Å². The lowest BCUT2D eigenvalue weighted by Gasteiger charge is -2.19. The number of aromatic amines is 1. The minimum Gasteiger partial charge on any atom is -0.316 e. The molecule has 6 nitrogen and oxygen atoms in total. The number of unbranched alkanes of at least 4 members (excludes halogenated alkanes) is 1. The Labute approximate surface area is 115 Å². The summed E-state index contributed by atoms with van der Waals surface area (Å²) in [5, 5.41) is 9.89. The molecular formula is C12H24N4O2S. The Balaban J connectivity index is 3.11. The average molecular weight is 288 g/mol. The van der Waals surface area contributed by atoms with Gasteiger partial charge in [-0.15, -0.1) is 0 Å². The van der Waals surface area contributed by atoms with Crippen molar-refractivity contribution >= 4 is 10.0 Å². The standard InChI is InChI=1S/C12H24N4O2S/c1-5-7-8-16(6-2)19(17,18)12-11(9-13-4)10(3)14-15-12/h13H,5-9H2,1-4H3,(H,14,15). The van der Waals surface area contributed by atoms with E-state index in [4.69, 9.17) is 0 Å². The van der Waals surface area contributed by atoms with Gasteiger partial charge in [-0.25, -0.2) is 8.42 Å². The molecule has 0 aliphatic heterocycles. The molecule has 1 aromatic heterocycles. The van der Waals surface area contributed by atoms with Gasteiger partial charge in [0.15, 0.2) is 5.03 Å². The SMILES string of the molecule is CCCCN(CC)S(=O)(=O)c1n[nH]c(C)c1CNC. The molecule has 0 bridgehead atoms. The lowest BCUT2D eigenvalue weighted by molar-refractivity contribution is 0.416. The van der Waals surface area contributed by atoms with E-state index in [9.17, 15) is 8.42 Å². The third-order valence-electron chi connectivity index (χ3n) is 3.09. The highest BCUT2D eigenvalue weighted by atomic mass is 32.2. The zero-order valence-corrected chi connectivity index (χ0v) is 13.0. The van der Waals surface area contributed by atoms with Gasteiger partial charge in [0.1, 0.15) is 0 Å². The van der Waals surface area contributed by atoms with Crippen LogP contribution in [0.3, 0.4) is 0 Å². The fraction of sp³-hybridized carbons (Fsp3) is 0.750. The Morgan fingerprint density at radius 1 is 1.37 bits per heavy atom. The molecule has 1 rings (SSSR count). The number of nitrogens with zero attached hydrogens (tertiary/aromatic N) is 2. The van der Waals surface area contributed by atoms with E-state index >= 15 is 0 Å². The van der Waals surface area contributed by atoms with Crippen molar-refractivity contribution in [3.63, 3.8) is 0 Å². The molecule has 1 aromatic rings. The van der Waals surface area contributed by atoms with Gasteiger partial charge in [-0.3, -0.25) is 5.10 Å². The van der Waals surface area contributed by atoms with Crippen LogP contribution in [0.2, 0.25) is 0 Å². The maximum Gasteiger partial charge on any atom is 0.262 e. The molecule has 0 amide bonds. The van der Waals surface area contributed by atoms with Crippen LogP contribution >= 0.6 is 0 Å². The van der Waals surface area contributed by atoms with Gasteiger partial charge in [0.2, 0.25) is 0 Å². The second kappa shape index (κ2) is 7.02. The molecule has 110 valence electrons. The van der Waals surface area contributed by atoms with Gasteiger partial charge in [-0.05, 0) is 20.4 Å². The average Bonchev–Trinajstić information content (AvgIpc) is 2.73. The Kier molecular flexibility index (Phi) is 5.96. The van der Waals surface area contributed by atoms with Crippen molar-refractivity contribution in [2.24, 2.45) is 0 Å². The first-order valence-electron chi connectivity index (χ1n) is 6.67. The monoisotopic (exact) mass is 288 g/mol. The molecule has 0 aliphatic carbocycles. The normalized spacial score (nSPS) is 12.3. The van der Waals surface area contributed by atoms with Gasteiger partial charge < -0.3 is 5.32 Å². The van der Waals surface area contributed by atoms with Crippen molar-refractivity contribution in [3.8, 4) is 0 Å². The highest BCUT2D eigenvalue weighted by Gasteiger charge is 2.28. The van der Waals surface area contributed by atoms with Crippen LogP contribution in [0.25, 0.3) is 0 Å². The van der Waals surface area contributed by atoms with E-state index in [1.54, 1.807) is 7.05 Å². The number of hydrogen-bond acceptors (Lipinski definition) is 4. The van der Waals surface area contributed by atoms with Crippen LogP contribution < -0.4 is 5.32 Å². The van der Waals surface area contributed by atoms with E-state index in [0.29, 0.717) is 19.6 Å². The Morgan fingerprint density at radius 2 is 2.05 bits per heavy atom. The van der Waals surface area contributed by atoms with Gasteiger partial charge in [0.25, 0.3) is 10.0 Å². The Bertz CT molecular complexity index is 496. The summed E-state index contributed by atoms with van der Waals surface area (Å²) in [4.78, 5) is 0. The summed E-state index contributed by atoms with van der Waals surface area (Å²) in [7, 11) is -1.72. The summed E-state index contributed by atoms with van der Waals surface area (Å²) in [5.74, 6) is 0. The van der Waals surface area contributed by atoms with E-state index in [0.717, 1.165) is 24.1 Å². The van der Waals surface area contributed by atoms with Crippen LogP contribution in [0.1, 0.15) is 37.9 Å². The van der Waals surface area contributed by atoms with Crippen molar-refractivity contribution in [1.29, 1.82) is 0 Å². The van der Waals surface area contributed by atoms with E-state index in [2.05, 4.69) is 15.5 Å². The van der Waals surface area contributed by atoms with Crippen molar-refractivity contribution < 1.29 is 8.42 Å². The van der Waals surface area contributed by atoms with E-state index in [1.165, 1.54) is 4.31 Å². The third kappa shape index (κ3) is 3.55.